The first-order valence-corrected chi connectivity index (χ1v) is 11.2. The second kappa shape index (κ2) is 8.72. The van der Waals surface area contributed by atoms with E-state index in [1.807, 2.05) is 66.7 Å². The van der Waals surface area contributed by atoms with E-state index in [-0.39, 0.29) is 0 Å². The van der Waals surface area contributed by atoms with Crippen LogP contribution in [0.15, 0.2) is 137 Å². The summed E-state index contributed by atoms with van der Waals surface area (Å²) in [5.74, 6) is 1.49. The number of rotatable bonds is 5. The molecule has 162 valence electrons. The summed E-state index contributed by atoms with van der Waals surface area (Å²) in [4.78, 5) is 5.27. The molecule has 0 fully saturated rings. The lowest BCUT2D eigenvalue weighted by atomic mass is 9.86. The van der Waals surface area contributed by atoms with Crippen LogP contribution in [-0.4, -0.2) is 4.98 Å². The molecular weight excluding hydrogens is 418 g/mol. The van der Waals surface area contributed by atoms with Gasteiger partial charge in [0.15, 0.2) is 5.76 Å². The maximum atomic E-state index is 6.05. The van der Waals surface area contributed by atoms with Crippen molar-refractivity contribution < 1.29 is 8.83 Å². The molecule has 3 aromatic heterocycles. The monoisotopic (exact) mass is 439 g/mol. The fraction of sp³-hybridized carbons (Fsp3) is 0. The molecule has 0 aliphatic rings. The molecule has 0 saturated carbocycles. The molecule has 0 bridgehead atoms. The lowest BCUT2D eigenvalue weighted by Crippen LogP contribution is -2.00. The normalized spacial score (nSPS) is 10.9. The summed E-state index contributed by atoms with van der Waals surface area (Å²) in [6.07, 6.45) is 3.40. The van der Waals surface area contributed by atoms with E-state index in [4.69, 9.17) is 13.8 Å². The minimum atomic E-state index is 0.712. The van der Waals surface area contributed by atoms with Crippen LogP contribution in [0.1, 0.15) is 0 Å². The van der Waals surface area contributed by atoms with Crippen LogP contribution in [0.2, 0.25) is 0 Å². The van der Waals surface area contributed by atoms with Crippen molar-refractivity contribution in [3.63, 3.8) is 0 Å². The Hall–Kier alpha value is -4.63. The quantitative estimate of drug-likeness (QED) is 0.270. The Kier molecular flexibility index (Phi) is 5.13. The molecular formula is C31H21NO2. The second-order valence-corrected chi connectivity index (χ2v) is 7.99. The van der Waals surface area contributed by atoms with Gasteiger partial charge in [-0.1, -0.05) is 91.0 Å². The fourth-order valence-electron chi connectivity index (χ4n) is 4.42. The van der Waals surface area contributed by atoms with Crippen LogP contribution in [0.4, 0.5) is 0 Å². The van der Waals surface area contributed by atoms with E-state index in [1.54, 1.807) is 12.5 Å². The van der Waals surface area contributed by atoms with Crippen molar-refractivity contribution >= 4 is 0 Å². The van der Waals surface area contributed by atoms with E-state index in [1.165, 1.54) is 0 Å². The SMILES string of the molecule is c1ccc(-c2nc(-c3ccco3)c(-c3ccccc3)c(-c3ccco3)c2-c2ccccc2)cc1. The first-order chi connectivity index (χ1) is 16.9. The summed E-state index contributed by atoms with van der Waals surface area (Å²) < 4.78 is 11.9. The number of benzene rings is 3. The summed E-state index contributed by atoms with van der Waals surface area (Å²) >= 11 is 0. The smallest absolute Gasteiger partial charge is 0.152 e. The molecule has 0 N–H and O–H groups in total. The highest BCUT2D eigenvalue weighted by atomic mass is 16.3. The van der Waals surface area contributed by atoms with Gasteiger partial charge in [-0.25, -0.2) is 4.98 Å². The third-order valence-electron chi connectivity index (χ3n) is 5.89. The van der Waals surface area contributed by atoms with Gasteiger partial charge in [-0.15, -0.1) is 0 Å². The van der Waals surface area contributed by atoms with Gasteiger partial charge in [0.1, 0.15) is 11.5 Å². The average molecular weight is 440 g/mol. The molecule has 3 nitrogen and oxygen atoms in total. The Morgan fingerprint density at radius 3 is 1.35 bits per heavy atom. The summed E-state index contributed by atoms with van der Waals surface area (Å²) in [5, 5.41) is 0. The number of hydrogen-bond acceptors (Lipinski definition) is 3. The molecule has 0 unspecified atom stereocenters. The number of furan rings is 2. The molecule has 3 heteroatoms. The van der Waals surface area contributed by atoms with Gasteiger partial charge in [-0.2, -0.15) is 0 Å². The van der Waals surface area contributed by atoms with Gasteiger partial charge in [-0.05, 0) is 35.4 Å². The van der Waals surface area contributed by atoms with Crippen molar-refractivity contribution in [3.8, 4) is 56.3 Å². The van der Waals surface area contributed by atoms with Crippen LogP contribution in [0.5, 0.6) is 0 Å². The Morgan fingerprint density at radius 2 is 0.853 bits per heavy atom. The molecule has 3 aromatic carbocycles. The first kappa shape index (κ1) is 20.0. The zero-order valence-corrected chi connectivity index (χ0v) is 18.4. The number of aromatic nitrogens is 1. The van der Waals surface area contributed by atoms with E-state index < -0.39 is 0 Å². The zero-order chi connectivity index (χ0) is 22.7. The summed E-state index contributed by atoms with van der Waals surface area (Å²) in [6.45, 7) is 0. The highest BCUT2D eigenvalue weighted by Crippen LogP contribution is 2.48. The largest absolute Gasteiger partial charge is 0.464 e. The Bertz CT molecular complexity index is 1500. The molecule has 0 atom stereocenters. The lowest BCUT2D eigenvalue weighted by Gasteiger charge is -2.21. The molecule has 0 radical (unpaired) electrons. The number of nitrogens with zero attached hydrogens (tertiary/aromatic N) is 1. The minimum absolute atomic E-state index is 0.712. The van der Waals surface area contributed by atoms with Crippen LogP contribution >= 0.6 is 0 Å². The van der Waals surface area contributed by atoms with Crippen molar-refractivity contribution in [1.29, 1.82) is 0 Å². The first-order valence-electron chi connectivity index (χ1n) is 11.2. The maximum Gasteiger partial charge on any atom is 0.152 e. The molecule has 3 heterocycles. The number of hydrogen-bond donors (Lipinski definition) is 0. The van der Waals surface area contributed by atoms with Crippen molar-refractivity contribution in [2.75, 3.05) is 0 Å². The highest BCUT2D eigenvalue weighted by Gasteiger charge is 2.27. The highest BCUT2D eigenvalue weighted by molar-refractivity contribution is 6.03. The molecule has 0 amide bonds. The van der Waals surface area contributed by atoms with Gasteiger partial charge >= 0.3 is 0 Å². The molecule has 6 rings (SSSR count). The number of pyridine rings is 1. The van der Waals surface area contributed by atoms with Crippen LogP contribution < -0.4 is 0 Å². The van der Waals surface area contributed by atoms with Crippen LogP contribution in [0.25, 0.3) is 56.3 Å². The van der Waals surface area contributed by atoms with Gasteiger partial charge in [0.25, 0.3) is 0 Å². The van der Waals surface area contributed by atoms with Gasteiger partial charge in [-0.3, -0.25) is 0 Å². The van der Waals surface area contributed by atoms with Gasteiger partial charge in [0.05, 0.1) is 18.2 Å². The van der Waals surface area contributed by atoms with Crippen LogP contribution in [-0.2, 0) is 0 Å². The van der Waals surface area contributed by atoms with E-state index in [0.29, 0.717) is 5.76 Å². The van der Waals surface area contributed by atoms with Gasteiger partial charge in [0.2, 0.25) is 0 Å². The topological polar surface area (TPSA) is 39.2 Å². The minimum Gasteiger partial charge on any atom is -0.464 e. The Balaban J connectivity index is 1.83. The third-order valence-corrected chi connectivity index (χ3v) is 5.89. The summed E-state index contributed by atoms with van der Waals surface area (Å²) in [5.41, 5.74) is 7.79. The van der Waals surface area contributed by atoms with E-state index in [0.717, 1.165) is 50.5 Å². The van der Waals surface area contributed by atoms with Crippen LogP contribution in [0.3, 0.4) is 0 Å². The predicted octanol–water partition coefficient (Wildman–Crippen LogP) is 8.60. The Morgan fingerprint density at radius 1 is 0.382 bits per heavy atom. The third kappa shape index (κ3) is 3.54. The molecule has 0 spiro atoms. The van der Waals surface area contributed by atoms with Crippen molar-refractivity contribution in [2.45, 2.75) is 0 Å². The van der Waals surface area contributed by atoms with Crippen molar-refractivity contribution in [2.24, 2.45) is 0 Å². The fourth-order valence-corrected chi connectivity index (χ4v) is 4.42. The van der Waals surface area contributed by atoms with Gasteiger partial charge < -0.3 is 8.83 Å². The molecule has 34 heavy (non-hydrogen) atoms. The standard InChI is InChI=1S/C31H21NO2/c1-4-12-22(13-5-1)27-29(25-18-10-20-33-25)28(23-14-6-2-7-15-23)31(26-19-11-21-34-26)32-30(27)24-16-8-3-9-17-24/h1-21H. The Labute approximate surface area is 198 Å². The van der Waals surface area contributed by atoms with E-state index >= 15 is 0 Å². The summed E-state index contributed by atoms with van der Waals surface area (Å²) in [6, 6.07) is 38.8. The molecule has 0 saturated heterocycles. The van der Waals surface area contributed by atoms with E-state index in [9.17, 15) is 0 Å². The zero-order valence-electron chi connectivity index (χ0n) is 18.4. The predicted molar refractivity (Wildman–Crippen MR) is 136 cm³/mol. The molecule has 6 aromatic rings. The maximum absolute atomic E-state index is 6.05. The lowest BCUT2D eigenvalue weighted by molar-refractivity contribution is 0.579. The van der Waals surface area contributed by atoms with Crippen LogP contribution in [0, 0.1) is 0 Å². The average Bonchev–Trinajstić information content (AvgIpc) is 3.64. The van der Waals surface area contributed by atoms with Crippen molar-refractivity contribution in [1.82, 2.24) is 4.98 Å². The second-order valence-electron chi connectivity index (χ2n) is 7.99. The molecule has 0 aliphatic carbocycles. The molecule has 0 aliphatic heterocycles. The van der Waals surface area contributed by atoms with Crippen molar-refractivity contribution in [3.05, 3.63) is 128 Å². The van der Waals surface area contributed by atoms with E-state index in [2.05, 4.69) is 48.5 Å². The summed E-state index contributed by atoms with van der Waals surface area (Å²) in [7, 11) is 0. The van der Waals surface area contributed by atoms with Gasteiger partial charge in [0, 0.05) is 22.3 Å².